The Kier molecular flexibility index (Phi) is 5.77. The topological polar surface area (TPSA) is 29.3 Å². The van der Waals surface area contributed by atoms with Crippen molar-refractivity contribution >= 4 is 0 Å². The number of piperidine rings is 1. The Labute approximate surface area is 102 Å². The predicted octanol–water partition coefficient (Wildman–Crippen LogP) is 2.87. The van der Waals surface area contributed by atoms with E-state index in [1.54, 1.807) is 0 Å². The van der Waals surface area contributed by atoms with E-state index in [0.717, 1.165) is 6.54 Å². The Bertz CT molecular complexity index is 177. The van der Waals surface area contributed by atoms with Crippen LogP contribution in [0.5, 0.6) is 0 Å². The first-order chi connectivity index (χ1) is 7.65. The highest BCUT2D eigenvalue weighted by atomic mass is 15.1. The fourth-order valence-corrected chi connectivity index (χ4v) is 2.73. The number of nitrogens with two attached hydrogens (primary N) is 1. The average molecular weight is 226 g/mol. The Hall–Kier alpha value is -0.0800. The largest absolute Gasteiger partial charge is 0.330 e. The van der Waals surface area contributed by atoms with Crippen molar-refractivity contribution in [3.63, 3.8) is 0 Å². The summed E-state index contributed by atoms with van der Waals surface area (Å²) < 4.78 is 0. The van der Waals surface area contributed by atoms with Crippen LogP contribution in [0.3, 0.4) is 0 Å². The highest BCUT2D eigenvalue weighted by Crippen LogP contribution is 2.37. The van der Waals surface area contributed by atoms with Crippen LogP contribution in [0, 0.1) is 11.3 Å². The molecular formula is C14H30N2. The van der Waals surface area contributed by atoms with E-state index in [0.29, 0.717) is 11.3 Å². The maximum atomic E-state index is 5.66. The van der Waals surface area contributed by atoms with E-state index >= 15 is 0 Å². The van der Waals surface area contributed by atoms with Crippen LogP contribution in [-0.4, -0.2) is 31.1 Å². The molecule has 0 aromatic carbocycles. The summed E-state index contributed by atoms with van der Waals surface area (Å²) in [6.07, 6.45) is 6.78. The minimum Gasteiger partial charge on any atom is -0.330 e. The van der Waals surface area contributed by atoms with E-state index < -0.39 is 0 Å². The van der Waals surface area contributed by atoms with Gasteiger partial charge in [0.05, 0.1) is 0 Å². The van der Waals surface area contributed by atoms with Crippen molar-refractivity contribution in [2.24, 2.45) is 17.1 Å². The zero-order chi connectivity index (χ0) is 12.0. The molecule has 1 aliphatic rings. The Balaban J connectivity index is 2.26. The lowest BCUT2D eigenvalue weighted by molar-refractivity contribution is 0.0921. The molecule has 1 unspecified atom stereocenters. The summed E-state index contributed by atoms with van der Waals surface area (Å²) in [7, 11) is 0. The molecule has 2 heteroatoms. The third kappa shape index (κ3) is 3.74. The standard InChI is InChI=1S/C14H30N2/c1-4-14(5-2)7-10-16(11-8-14)9-6-13(3)12-15/h13H,4-12,15H2,1-3H3. The lowest BCUT2D eigenvalue weighted by Gasteiger charge is -2.41. The van der Waals surface area contributed by atoms with E-state index in [9.17, 15) is 0 Å². The molecule has 1 rings (SSSR count). The van der Waals surface area contributed by atoms with Gasteiger partial charge in [0, 0.05) is 0 Å². The van der Waals surface area contributed by atoms with Crippen molar-refractivity contribution in [2.45, 2.75) is 52.9 Å². The smallest absolute Gasteiger partial charge is 0.00134 e. The van der Waals surface area contributed by atoms with Crippen molar-refractivity contribution in [2.75, 3.05) is 26.2 Å². The van der Waals surface area contributed by atoms with Crippen molar-refractivity contribution in [1.82, 2.24) is 4.90 Å². The highest BCUT2D eigenvalue weighted by Gasteiger charge is 2.30. The quantitative estimate of drug-likeness (QED) is 0.754. The second kappa shape index (κ2) is 6.61. The number of hydrogen-bond acceptors (Lipinski definition) is 2. The SMILES string of the molecule is CCC1(CC)CCN(CCC(C)CN)CC1. The molecule has 2 N–H and O–H groups in total. The van der Waals surface area contributed by atoms with Crippen LogP contribution in [0.2, 0.25) is 0 Å². The molecule has 0 bridgehead atoms. The molecular weight excluding hydrogens is 196 g/mol. The number of hydrogen-bond donors (Lipinski definition) is 1. The summed E-state index contributed by atoms with van der Waals surface area (Å²) in [6.45, 7) is 11.7. The van der Waals surface area contributed by atoms with Gasteiger partial charge in [-0.3, -0.25) is 0 Å². The molecule has 0 radical (unpaired) electrons. The molecule has 0 aliphatic carbocycles. The molecule has 0 aromatic rings. The molecule has 0 spiro atoms. The molecule has 0 aromatic heterocycles. The van der Waals surface area contributed by atoms with Crippen LogP contribution in [0.1, 0.15) is 52.9 Å². The predicted molar refractivity (Wildman–Crippen MR) is 71.5 cm³/mol. The van der Waals surface area contributed by atoms with Gasteiger partial charge in [-0.05, 0) is 56.8 Å². The molecule has 1 atom stereocenters. The highest BCUT2D eigenvalue weighted by molar-refractivity contribution is 4.84. The summed E-state index contributed by atoms with van der Waals surface area (Å²) in [5, 5.41) is 0. The Morgan fingerprint density at radius 2 is 1.75 bits per heavy atom. The maximum Gasteiger partial charge on any atom is -0.00134 e. The molecule has 0 amide bonds. The van der Waals surface area contributed by atoms with Crippen LogP contribution < -0.4 is 5.73 Å². The van der Waals surface area contributed by atoms with Gasteiger partial charge in [0.15, 0.2) is 0 Å². The minimum absolute atomic E-state index is 0.663. The molecule has 1 fully saturated rings. The van der Waals surface area contributed by atoms with Gasteiger partial charge in [0.2, 0.25) is 0 Å². The van der Waals surface area contributed by atoms with Gasteiger partial charge in [-0.25, -0.2) is 0 Å². The van der Waals surface area contributed by atoms with Gasteiger partial charge in [-0.1, -0.05) is 33.6 Å². The van der Waals surface area contributed by atoms with Crippen LogP contribution >= 0.6 is 0 Å². The fraction of sp³-hybridized carbons (Fsp3) is 1.00. The average Bonchev–Trinajstić information content (AvgIpc) is 2.36. The normalized spacial score (nSPS) is 23.2. The Morgan fingerprint density at radius 3 is 2.19 bits per heavy atom. The molecule has 1 heterocycles. The second-order valence-corrected chi connectivity index (χ2v) is 5.68. The zero-order valence-corrected chi connectivity index (χ0v) is 11.5. The number of rotatable bonds is 6. The van der Waals surface area contributed by atoms with Crippen molar-refractivity contribution in [3.8, 4) is 0 Å². The third-order valence-corrected chi connectivity index (χ3v) is 4.76. The van der Waals surface area contributed by atoms with E-state index in [1.165, 1.54) is 51.7 Å². The van der Waals surface area contributed by atoms with Crippen LogP contribution in [0.4, 0.5) is 0 Å². The van der Waals surface area contributed by atoms with Gasteiger partial charge in [-0.2, -0.15) is 0 Å². The number of nitrogens with zero attached hydrogens (tertiary/aromatic N) is 1. The van der Waals surface area contributed by atoms with Gasteiger partial charge in [-0.15, -0.1) is 0 Å². The molecule has 0 saturated carbocycles. The lowest BCUT2D eigenvalue weighted by atomic mass is 9.74. The fourth-order valence-electron chi connectivity index (χ4n) is 2.73. The van der Waals surface area contributed by atoms with Gasteiger partial charge in [0.1, 0.15) is 0 Å². The summed E-state index contributed by atoms with van der Waals surface area (Å²) in [5.41, 5.74) is 6.32. The molecule has 2 nitrogen and oxygen atoms in total. The van der Waals surface area contributed by atoms with Crippen LogP contribution in [0.25, 0.3) is 0 Å². The van der Waals surface area contributed by atoms with Gasteiger partial charge in [0.25, 0.3) is 0 Å². The Morgan fingerprint density at radius 1 is 1.19 bits per heavy atom. The summed E-state index contributed by atoms with van der Waals surface area (Å²) in [4.78, 5) is 2.63. The van der Waals surface area contributed by atoms with Crippen molar-refractivity contribution < 1.29 is 0 Å². The summed E-state index contributed by atoms with van der Waals surface area (Å²) >= 11 is 0. The molecule has 96 valence electrons. The van der Waals surface area contributed by atoms with Gasteiger partial charge >= 0.3 is 0 Å². The molecule has 1 saturated heterocycles. The van der Waals surface area contributed by atoms with Crippen molar-refractivity contribution in [3.05, 3.63) is 0 Å². The van der Waals surface area contributed by atoms with E-state index in [4.69, 9.17) is 5.73 Å². The summed E-state index contributed by atoms with van der Waals surface area (Å²) in [5.74, 6) is 0.684. The summed E-state index contributed by atoms with van der Waals surface area (Å²) in [6, 6.07) is 0. The van der Waals surface area contributed by atoms with E-state index in [1.807, 2.05) is 0 Å². The molecule has 1 aliphatic heterocycles. The number of likely N-dealkylation sites (tertiary alicyclic amines) is 1. The maximum absolute atomic E-state index is 5.66. The monoisotopic (exact) mass is 226 g/mol. The third-order valence-electron chi connectivity index (χ3n) is 4.76. The van der Waals surface area contributed by atoms with Crippen LogP contribution in [-0.2, 0) is 0 Å². The lowest BCUT2D eigenvalue weighted by Crippen LogP contribution is -2.40. The molecule has 16 heavy (non-hydrogen) atoms. The minimum atomic E-state index is 0.663. The first-order valence-electron chi connectivity index (χ1n) is 7.08. The van der Waals surface area contributed by atoms with Crippen LogP contribution in [0.15, 0.2) is 0 Å². The van der Waals surface area contributed by atoms with Crippen molar-refractivity contribution in [1.29, 1.82) is 0 Å². The zero-order valence-electron chi connectivity index (χ0n) is 11.5. The van der Waals surface area contributed by atoms with E-state index in [2.05, 4.69) is 25.7 Å². The first kappa shape index (κ1) is 14.0. The van der Waals surface area contributed by atoms with Gasteiger partial charge < -0.3 is 10.6 Å². The first-order valence-corrected chi connectivity index (χ1v) is 7.08. The second-order valence-electron chi connectivity index (χ2n) is 5.68. The van der Waals surface area contributed by atoms with E-state index in [-0.39, 0.29) is 0 Å².